The Morgan fingerprint density at radius 3 is 2.41 bits per heavy atom. The van der Waals surface area contributed by atoms with E-state index in [-0.39, 0.29) is 11.8 Å². The number of Topliss-reactive ketones (excluding diaryl/α,β-unsaturated/α-hetero) is 1. The fraction of sp³-hybridized carbons (Fsp3) is 0.368. The Morgan fingerprint density at radius 1 is 1.18 bits per heavy atom. The molecule has 3 rings (SSSR count). The van der Waals surface area contributed by atoms with Crippen molar-refractivity contribution >= 4 is 11.4 Å². The van der Waals surface area contributed by atoms with Crippen molar-refractivity contribution in [2.24, 2.45) is 0 Å². The van der Waals surface area contributed by atoms with Crippen molar-refractivity contribution in [2.45, 2.75) is 46.1 Å². The van der Waals surface area contributed by atoms with Crippen LogP contribution in [0.4, 0.5) is 0 Å². The van der Waals surface area contributed by atoms with Crippen LogP contribution >= 0.6 is 0 Å². The van der Waals surface area contributed by atoms with Gasteiger partial charge < -0.3 is 0 Å². The normalized spacial score (nSPS) is 15.3. The quantitative estimate of drug-likeness (QED) is 0.769. The first-order valence-electron chi connectivity index (χ1n) is 7.92. The lowest BCUT2D eigenvalue weighted by Gasteiger charge is -2.19. The lowest BCUT2D eigenvalue weighted by atomic mass is 9.87. The maximum Gasteiger partial charge on any atom is 0.177 e. The minimum absolute atomic E-state index is 0.0491. The highest BCUT2D eigenvalue weighted by Crippen LogP contribution is 2.33. The Labute approximate surface area is 131 Å². The van der Waals surface area contributed by atoms with Crippen LogP contribution in [0.15, 0.2) is 42.0 Å². The number of nitrogens with zero attached hydrogens (tertiary/aromatic N) is 2. The first-order chi connectivity index (χ1) is 10.6. The second-order valence-corrected chi connectivity index (χ2v) is 6.08. The van der Waals surface area contributed by atoms with Gasteiger partial charge in [-0.25, -0.2) is 0 Å². The summed E-state index contributed by atoms with van der Waals surface area (Å²) in [6.07, 6.45) is 3.61. The van der Waals surface area contributed by atoms with E-state index in [4.69, 9.17) is 5.10 Å². The van der Waals surface area contributed by atoms with E-state index < -0.39 is 0 Å². The summed E-state index contributed by atoms with van der Waals surface area (Å²) < 4.78 is 1.87. The Kier molecular flexibility index (Phi) is 3.97. The summed E-state index contributed by atoms with van der Waals surface area (Å²) in [5.41, 5.74) is 5.52. The Bertz CT molecular complexity index is 719. The van der Waals surface area contributed by atoms with Crippen molar-refractivity contribution in [3.8, 4) is 0 Å². The topological polar surface area (TPSA) is 34.9 Å². The number of carbonyl (C=O) groups excluding carboxylic acids is 1. The van der Waals surface area contributed by atoms with Crippen LogP contribution in [0.3, 0.4) is 0 Å². The predicted octanol–water partition coefficient (Wildman–Crippen LogP) is 4.65. The molecule has 3 heteroatoms. The lowest BCUT2D eigenvalue weighted by Crippen LogP contribution is -2.14. The third-order valence-electron chi connectivity index (χ3n) is 4.62. The van der Waals surface area contributed by atoms with Crippen molar-refractivity contribution in [3.05, 3.63) is 58.9 Å². The molecule has 1 saturated carbocycles. The van der Waals surface area contributed by atoms with Crippen molar-refractivity contribution < 1.29 is 4.79 Å². The van der Waals surface area contributed by atoms with Crippen LogP contribution in [0.2, 0.25) is 0 Å². The fourth-order valence-electron chi connectivity index (χ4n) is 2.92. The minimum atomic E-state index is 0.0491. The highest BCUT2D eigenvalue weighted by molar-refractivity contribution is 5.93. The van der Waals surface area contributed by atoms with E-state index in [1.54, 1.807) is 6.92 Å². The summed E-state index contributed by atoms with van der Waals surface area (Å²) in [4.78, 5) is 12.0. The molecule has 2 aromatic rings. The second kappa shape index (κ2) is 5.91. The van der Waals surface area contributed by atoms with Gasteiger partial charge in [-0.2, -0.15) is 5.10 Å². The van der Waals surface area contributed by atoms with Gasteiger partial charge in [-0.05, 0) is 50.3 Å². The molecule has 1 fully saturated rings. The molecule has 3 nitrogen and oxygen atoms in total. The van der Waals surface area contributed by atoms with Gasteiger partial charge in [-0.3, -0.25) is 9.48 Å². The predicted molar refractivity (Wildman–Crippen MR) is 88.9 cm³/mol. The second-order valence-electron chi connectivity index (χ2n) is 6.08. The highest BCUT2D eigenvalue weighted by Gasteiger charge is 2.20. The van der Waals surface area contributed by atoms with E-state index in [9.17, 15) is 4.79 Å². The molecule has 0 aliphatic heterocycles. The van der Waals surface area contributed by atoms with E-state index in [1.165, 1.54) is 30.4 Å². The SMILES string of the molecule is CC(=O)c1cc(C(C)=C2CCC2)nn1[C@@H](C)c1ccccc1. The van der Waals surface area contributed by atoms with Crippen LogP contribution in [0, 0.1) is 0 Å². The fourth-order valence-corrected chi connectivity index (χ4v) is 2.92. The molecule has 0 unspecified atom stereocenters. The molecule has 1 aromatic carbocycles. The summed E-state index contributed by atoms with van der Waals surface area (Å²) in [5.74, 6) is 0.0629. The van der Waals surface area contributed by atoms with Gasteiger partial charge in [0.05, 0.1) is 11.7 Å². The van der Waals surface area contributed by atoms with Crippen molar-refractivity contribution in [2.75, 3.05) is 0 Å². The van der Waals surface area contributed by atoms with E-state index >= 15 is 0 Å². The van der Waals surface area contributed by atoms with Gasteiger partial charge in [0.1, 0.15) is 5.69 Å². The standard InChI is InChI=1S/C19H22N2O/c1-13(16-10-7-11-16)18-12-19(15(3)22)21(20-18)14(2)17-8-5-4-6-9-17/h4-6,8-9,12,14H,7,10-11H2,1-3H3/t14-/m0/s1. The molecule has 22 heavy (non-hydrogen) atoms. The van der Waals surface area contributed by atoms with Crippen LogP contribution in [-0.4, -0.2) is 15.6 Å². The molecule has 1 atom stereocenters. The lowest BCUT2D eigenvalue weighted by molar-refractivity contribution is 0.100. The monoisotopic (exact) mass is 294 g/mol. The number of carbonyl (C=O) groups is 1. The molecule has 0 N–H and O–H groups in total. The number of rotatable bonds is 4. The molecule has 1 heterocycles. The number of hydrogen-bond donors (Lipinski definition) is 0. The average molecular weight is 294 g/mol. The zero-order valence-corrected chi connectivity index (χ0v) is 13.5. The molecule has 1 aromatic heterocycles. The maximum atomic E-state index is 12.0. The van der Waals surface area contributed by atoms with Crippen LogP contribution in [0.5, 0.6) is 0 Å². The zero-order chi connectivity index (χ0) is 15.7. The molecule has 114 valence electrons. The van der Waals surface area contributed by atoms with Crippen LogP contribution < -0.4 is 0 Å². The van der Waals surface area contributed by atoms with Crippen LogP contribution in [0.1, 0.15) is 67.8 Å². The first kappa shape index (κ1) is 14.8. The largest absolute Gasteiger partial charge is 0.293 e. The Hall–Kier alpha value is -2.16. The Balaban J connectivity index is 2.03. The molecule has 1 aliphatic carbocycles. The number of benzene rings is 1. The zero-order valence-electron chi connectivity index (χ0n) is 13.5. The average Bonchev–Trinajstić information content (AvgIpc) is 2.91. The van der Waals surface area contributed by atoms with Gasteiger partial charge in [0.2, 0.25) is 0 Å². The minimum Gasteiger partial charge on any atom is -0.293 e. The van der Waals surface area contributed by atoms with Gasteiger partial charge >= 0.3 is 0 Å². The summed E-state index contributed by atoms with van der Waals surface area (Å²) >= 11 is 0. The van der Waals surface area contributed by atoms with Gasteiger partial charge in [0, 0.05) is 6.92 Å². The molecule has 0 saturated heterocycles. The maximum absolute atomic E-state index is 12.0. The molecular weight excluding hydrogens is 272 g/mol. The van der Waals surface area contributed by atoms with Crippen molar-refractivity contribution in [3.63, 3.8) is 0 Å². The number of hydrogen-bond acceptors (Lipinski definition) is 2. The van der Waals surface area contributed by atoms with Gasteiger partial charge in [0.15, 0.2) is 5.78 Å². The van der Waals surface area contributed by atoms with Crippen molar-refractivity contribution in [1.29, 1.82) is 0 Å². The smallest absolute Gasteiger partial charge is 0.177 e. The third kappa shape index (κ3) is 2.63. The molecule has 0 radical (unpaired) electrons. The Morgan fingerprint density at radius 2 is 1.86 bits per heavy atom. The number of ketones is 1. The van der Waals surface area contributed by atoms with E-state index in [2.05, 4.69) is 26.0 Å². The van der Waals surface area contributed by atoms with Crippen molar-refractivity contribution in [1.82, 2.24) is 9.78 Å². The van der Waals surface area contributed by atoms with Gasteiger partial charge in [-0.1, -0.05) is 35.9 Å². The van der Waals surface area contributed by atoms with E-state index in [0.717, 1.165) is 11.3 Å². The number of allylic oxidation sites excluding steroid dienone is 2. The first-order valence-corrected chi connectivity index (χ1v) is 7.92. The third-order valence-corrected chi connectivity index (χ3v) is 4.62. The molecule has 1 aliphatic rings. The molecule has 0 bridgehead atoms. The van der Waals surface area contributed by atoms with Crippen LogP contribution in [-0.2, 0) is 0 Å². The van der Waals surface area contributed by atoms with Crippen LogP contribution in [0.25, 0.3) is 5.57 Å². The van der Waals surface area contributed by atoms with Gasteiger partial charge in [-0.15, -0.1) is 0 Å². The van der Waals surface area contributed by atoms with E-state index in [0.29, 0.717) is 5.69 Å². The highest BCUT2D eigenvalue weighted by atomic mass is 16.1. The molecular formula is C19H22N2O. The molecule has 0 amide bonds. The summed E-state index contributed by atoms with van der Waals surface area (Å²) in [6, 6.07) is 12.2. The van der Waals surface area contributed by atoms with Gasteiger partial charge in [0.25, 0.3) is 0 Å². The summed E-state index contributed by atoms with van der Waals surface area (Å²) in [5, 5.41) is 4.75. The summed E-state index contributed by atoms with van der Waals surface area (Å²) in [7, 11) is 0. The van der Waals surface area contributed by atoms with E-state index in [1.807, 2.05) is 28.9 Å². The number of aromatic nitrogens is 2. The molecule has 0 spiro atoms. The summed E-state index contributed by atoms with van der Waals surface area (Å²) in [6.45, 7) is 5.82.